The summed E-state index contributed by atoms with van der Waals surface area (Å²) in [5.41, 5.74) is 3.98. The third-order valence-corrected chi connectivity index (χ3v) is 2.51. The number of aliphatic hydroxyl groups is 1. The molecule has 2 aromatic rings. The van der Waals surface area contributed by atoms with Crippen LogP contribution in [0.2, 0.25) is 0 Å². The van der Waals surface area contributed by atoms with Crippen molar-refractivity contribution in [2.75, 3.05) is 0 Å². The smallest absolute Gasteiger partial charge is 0.0929 e. The summed E-state index contributed by atoms with van der Waals surface area (Å²) in [7, 11) is 0. The van der Waals surface area contributed by atoms with Gasteiger partial charge in [0.25, 0.3) is 0 Å². The molecule has 0 atom stereocenters. The summed E-state index contributed by atoms with van der Waals surface area (Å²) in [5, 5.41) is 9.24. The van der Waals surface area contributed by atoms with Gasteiger partial charge in [0, 0.05) is 11.3 Å². The molecular weight excluding hydrogens is 188 g/mol. The van der Waals surface area contributed by atoms with Crippen molar-refractivity contribution in [3.05, 3.63) is 41.9 Å². The maximum Gasteiger partial charge on any atom is 0.0929 e. The molecule has 0 fully saturated rings. The molecule has 0 radical (unpaired) electrons. The number of H-pyrrole nitrogens is 1. The first kappa shape index (κ1) is 9.93. The van der Waals surface area contributed by atoms with Gasteiger partial charge in [0.1, 0.15) is 0 Å². The monoisotopic (exact) mass is 202 g/mol. The molecular formula is C12H14N2O. The summed E-state index contributed by atoms with van der Waals surface area (Å²) >= 11 is 0. The Labute approximate surface area is 88.8 Å². The molecule has 1 aromatic heterocycles. The molecule has 0 saturated carbocycles. The van der Waals surface area contributed by atoms with Crippen LogP contribution in [-0.2, 0) is 13.0 Å². The van der Waals surface area contributed by atoms with Crippen molar-refractivity contribution in [3.63, 3.8) is 0 Å². The largest absolute Gasteiger partial charge is 0.392 e. The lowest BCUT2D eigenvalue weighted by atomic mass is 10.0. The Hall–Kier alpha value is -1.61. The van der Waals surface area contributed by atoms with Crippen molar-refractivity contribution in [1.29, 1.82) is 0 Å². The SMILES string of the molecule is CCc1[nH]cnc1-c1ccccc1CO. The fraction of sp³-hybridized carbons (Fsp3) is 0.250. The summed E-state index contributed by atoms with van der Waals surface area (Å²) in [6.45, 7) is 2.13. The predicted molar refractivity (Wildman–Crippen MR) is 59.3 cm³/mol. The minimum absolute atomic E-state index is 0.0478. The maximum atomic E-state index is 9.24. The van der Waals surface area contributed by atoms with Crippen LogP contribution in [0.4, 0.5) is 0 Å². The molecule has 0 aliphatic heterocycles. The zero-order valence-corrected chi connectivity index (χ0v) is 8.70. The molecule has 0 bridgehead atoms. The average molecular weight is 202 g/mol. The van der Waals surface area contributed by atoms with Crippen molar-refractivity contribution >= 4 is 0 Å². The van der Waals surface area contributed by atoms with E-state index in [0.717, 1.165) is 28.9 Å². The molecule has 0 saturated heterocycles. The lowest BCUT2D eigenvalue weighted by molar-refractivity contribution is 0.282. The molecule has 2 N–H and O–H groups in total. The molecule has 3 heteroatoms. The highest BCUT2D eigenvalue weighted by atomic mass is 16.3. The number of hydrogen-bond donors (Lipinski definition) is 2. The Morgan fingerprint density at radius 3 is 2.87 bits per heavy atom. The molecule has 0 aliphatic rings. The number of hydrogen-bond acceptors (Lipinski definition) is 2. The van der Waals surface area contributed by atoms with Crippen LogP contribution in [0.15, 0.2) is 30.6 Å². The number of imidazole rings is 1. The average Bonchev–Trinajstić information content (AvgIpc) is 2.76. The van der Waals surface area contributed by atoms with Gasteiger partial charge in [-0.1, -0.05) is 31.2 Å². The van der Waals surface area contributed by atoms with Crippen LogP contribution in [-0.4, -0.2) is 15.1 Å². The third kappa shape index (κ3) is 1.78. The van der Waals surface area contributed by atoms with Gasteiger partial charge < -0.3 is 10.1 Å². The molecule has 0 spiro atoms. The molecule has 3 nitrogen and oxygen atoms in total. The van der Waals surface area contributed by atoms with Crippen molar-refractivity contribution in [1.82, 2.24) is 9.97 Å². The highest BCUT2D eigenvalue weighted by Crippen LogP contribution is 2.24. The Bertz CT molecular complexity index is 448. The summed E-state index contributed by atoms with van der Waals surface area (Å²) < 4.78 is 0. The van der Waals surface area contributed by atoms with Gasteiger partial charge >= 0.3 is 0 Å². The number of aryl methyl sites for hydroxylation is 1. The van der Waals surface area contributed by atoms with Gasteiger partial charge in [0.15, 0.2) is 0 Å². The zero-order chi connectivity index (χ0) is 10.7. The second-order valence-electron chi connectivity index (χ2n) is 3.40. The fourth-order valence-electron chi connectivity index (χ4n) is 1.71. The van der Waals surface area contributed by atoms with E-state index in [-0.39, 0.29) is 6.61 Å². The van der Waals surface area contributed by atoms with Gasteiger partial charge in [-0.15, -0.1) is 0 Å². The van der Waals surface area contributed by atoms with E-state index in [1.807, 2.05) is 24.3 Å². The number of aromatic nitrogens is 2. The molecule has 1 aromatic carbocycles. The van der Waals surface area contributed by atoms with Gasteiger partial charge in [0.05, 0.1) is 18.6 Å². The molecule has 0 amide bonds. The minimum atomic E-state index is 0.0478. The van der Waals surface area contributed by atoms with Crippen LogP contribution in [0.5, 0.6) is 0 Å². The number of rotatable bonds is 3. The second-order valence-corrected chi connectivity index (χ2v) is 3.40. The molecule has 0 aliphatic carbocycles. The van der Waals surface area contributed by atoms with Gasteiger partial charge in [-0.05, 0) is 12.0 Å². The van der Waals surface area contributed by atoms with Gasteiger partial charge in [0.2, 0.25) is 0 Å². The highest BCUT2D eigenvalue weighted by molar-refractivity contribution is 5.65. The number of aromatic amines is 1. The topological polar surface area (TPSA) is 48.9 Å². The van der Waals surface area contributed by atoms with Crippen LogP contribution in [0.1, 0.15) is 18.2 Å². The van der Waals surface area contributed by atoms with Crippen molar-refractivity contribution < 1.29 is 5.11 Å². The number of nitrogens with zero attached hydrogens (tertiary/aromatic N) is 1. The summed E-state index contributed by atoms with van der Waals surface area (Å²) in [5.74, 6) is 0. The molecule has 0 unspecified atom stereocenters. The summed E-state index contributed by atoms with van der Waals surface area (Å²) in [6, 6.07) is 7.79. The first-order valence-corrected chi connectivity index (χ1v) is 5.08. The minimum Gasteiger partial charge on any atom is -0.392 e. The van der Waals surface area contributed by atoms with E-state index in [0.29, 0.717) is 0 Å². The van der Waals surface area contributed by atoms with Crippen molar-refractivity contribution in [3.8, 4) is 11.3 Å². The van der Waals surface area contributed by atoms with E-state index in [2.05, 4.69) is 16.9 Å². The van der Waals surface area contributed by atoms with E-state index in [1.165, 1.54) is 0 Å². The highest BCUT2D eigenvalue weighted by Gasteiger charge is 2.09. The van der Waals surface area contributed by atoms with Crippen LogP contribution in [0.3, 0.4) is 0 Å². The molecule has 15 heavy (non-hydrogen) atoms. The summed E-state index contributed by atoms with van der Waals surface area (Å²) in [4.78, 5) is 7.41. The third-order valence-electron chi connectivity index (χ3n) is 2.51. The Kier molecular flexibility index (Phi) is 2.83. The quantitative estimate of drug-likeness (QED) is 0.801. The lowest BCUT2D eigenvalue weighted by Crippen LogP contribution is -1.92. The van der Waals surface area contributed by atoms with Crippen LogP contribution in [0.25, 0.3) is 11.3 Å². The van der Waals surface area contributed by atoms with Crippen molar-refractivity contribution in [2.45, 2.75) is 20.0 Å². The molecule has 2 rings (SSSR count). The molecule has 1 heterocycles. The standard InChI is InChI=1S/C12H14N2O/c1-2-11-12(14-8-13-11)10-6-4-3-5-9(10)7-15/h3-6,8,15H,2,7H2,1H3,(H,13,14). The first-order chi connectivity index (χ1) is 7.36. The van der Waals surface area contributed by atoms with Crippen LogP contribution >= 0.6 is 0 Å². The van der Waals surface area contributed by atoms with Gasteiger partial charge in [-0.2, -0.15) is 0 Å². The van der Waals surface area contributed by atoms with E-state index in [1.54, 1.807) is 6.33 Å². The van der Waals surface area contributed by atoms with E-state index < -0.39 is 0 Å². The summed E-state index contributed by atoms with van der Waals surface area (Å²) in [6.07, 6.45) is 2.61. The lowest BCUT2D eigenvalue weighted by Gasteiger charge is -2.05. The maximum absolute atomic E-state index is 9.24. The Morgan fingerprint density at radius 1 is 1.33 bits per heavy atom. The Morgan fingerprint density at radius 2 is 2.13 bits per heavy atom. The predicted octanol–water partition coefficient (Wildman–Crippen LogP) is 2.13. The van der Waals surface area contributed by atoms with Gasteiger partial charge in [-0.3, -0.25) is 0 Å². The van der Waals surface area contributed by atoms with Crippen LogP contribution < -0.4 is 0 Å². The zero-order valence-electron chi connectivity index (χ0n) is 8.70. The number of benzene rings is 1. The molecule has 78 valence electrons. The fourth-order valence-corrected chi connectivity index (χ4v) is 1.71. The van der Waals surface area contributed by atoms with E-state index in [9.17, 15) is 5.11 Å². The van der Waals surface area contributed by atoms with E-state index in [4.69, 9.17) is 0 Å². The van der Waals surface area contributed by atoms with Crippen molar-refractivity contribution in [2.24, 2.45) is 0 Å². The second kappa shape index (κ2) is 4.28. The van der Waals surface area contributed by atoms with E-state index >= 15 is 0 Å². The number of aliphatic hydroxyl groups excluding tert-OH is 1. The Balaban J connectivity index is 2.53. The number of nitrogens with one attached hydrogen (secondary N) is 1. The first-order valence-electron chi connectivity index (χ1n) is 5.08. The van der Waals surface area contributed by atoms with Crippen LogP contribution in [0, 0.1) is 0 Å². The normalized spacial score (nSPS) is 10.5. The van der Waals surface area contributed by atoms with Gasteiger partial charge in [-0.25, -0.2) is 4.98 Å².